The first-order chi connectivity index (χ1) is 6.04. The van der Waals surface area contributed by atoms with Crippen LogP contribution in [-0.4, -0.2) is 34.6 Å². The highest BCUT2D eigenvalue weighted by Crippen LogP contribution is 2.17. The molecule has 0 aromatic carbocycles. The summed E-state index contributed by atoms with van der Waals surface area (Å²) >= 11 is 0. The lowest BCUT2D eigenvalue weighted by Gasteiger charge is -2.30. The molecular weight excluding hydrogens is 172 g/mol. The highest BCUT2D eigenvalue weighted by Gasteiger charge is 2.31. The Morgan fingerprint density at radius 2 is 2.31 bits per heavy atom. The van der Waals surface area contributed by atoms with Crippen molar-refractivity contribution in [2.45, 2.75) is 19.4 Å². The Bertz CT molecular complexity index is 273. The zero-order valence-corrected chi connectivity index (χ0v) is 7.36. The van der Waals surface area contributed by atoms with Crippen LogP contribution in [0.3, 0.4) is 0 Å². The maximum atomic E-state index is 11.0. The van der Waals surface area contributed by atoms with Gasteiger partial charge in [-0.15, -0.1) is 0 Å². The van der Waals surface area contributed by atoms with Crippen LogP contribution < -0.4 is 5.73 Å². The minimum absolute atomic E-state index is 0.334. The second-order valence-electron chi connectivity index (χ2n) is 3.02. The lowest BCUT2D eigenvalue weighted by molar-refractivity contribution is -0.121. The van der Waals surface area contributed by atoms with E-state index in [1.807, 2.05) is 6.08 Å². The van der Waals surface area contributed by atoms with Crippen molar-refractivity contribution in [1.29, 1.82) is 0 Å². The van der Waals surface area contributed by atoms with Gasteiger partial charge in [-0.3, -0.25) is 9.69 Å². The number of amides is 2. The molecule has 13 heavy (non-hydrogen) atoms. The SMILES string of the molecule is CC1=CCCN(C(=O)O)C1C(N)=O. The van der Waals surface area contributed by atoms with Gasteiger partial charge in [0, 0.05) is 6.54 Å². The standard InChI is InChI=1S/C8H12N2O3/c1-5-3-2-4-10(8(12)13)6(5)7(9)11/h3,6H,2,4H2,1H3,(H2,9,11)(H,12,13). The summed E-state index contributed by atoms with van der Waals surface area (Å²) in [5, 5.41) is 8.77. The molecule has 0 radical (unpaired) electrons. The van der Waals surface area contributed by atoms with Gasteiger partial charge in [-0.05, 0) is 18.9 Å². The molecule has 1 rings (SSSR count). The molecular formula is C8H12N2O3. The van der Waals surface area contributed by atoms with Crippen molar-refractivity contribution < 1.29 is 14.7 Å². The Labute approximate surface area is 75.8 Å². The predicted molar refractivity (Wildman–Crippen MR) is 46.1 cm³/mol. The number of primary amides is 1. The maximum absolute atomic E-state index is 11.0. The van der Waals surface area contributed by atoms with Crippen LogP contribution in [0.15, 0.2) is 11.6 Å². The van der Waals surface area contributed by atoms with E-state index >= 15 is 0 Å². The van der Waals surface area contributed by atoms with E-state index in [9.17, 15) is 9.59 Å². The summed E-state index contributed by atoms with van der Waals surface area (Å²) in [5.41, 5.74) is 5.81. The molecule has 1 unspecified atom stereocenters. The maximum Gasteiger partial charge on any atom is 0.408 e. The van der Waals surface area contributed by atoms with Crippen LogP contribution >= 0.6 is 0 Å². The zero-order chi connectivity index (χ0) is 10.0. The third-order valence-corrected chi connectivity index (χ3v) is 2.09. The minimum atomic E-state index is -1.10. The van der Waals surface area contributed by atoms with Crippen molar-refractivity contribution in [2.24, 2.45) is 5.73 Å². The van der Waals surface area contributed by atoms with Gasteiger partial charge in [0.05, 0.1) is 0 Å². The molecule has 0 saturated carbocycles. The number of nitrogens with two attached hydrogens (primary N) is 1. The fourth-order valence-electron chi connectivity index (χ4n) is 1.50. The highest BCUT2D eigenvalue weighted by molar-refractivity contribution is 5.87. The van der Waals surface area contributed by atoms with Crippen LogP contribution in [0.1, 0.15) is 13.3 Å². The van der Waals surface area contributed by atoms with Gasteiger partial charge in [-0.25, -0.2) is 4.79 Å². The molecule has 3 N–H and O–H groups in total. The topological polar surface area (TPSA) is 83.6 Å². The first-order valence-electron chi connectivity index (χ1n) is 3.99. The van der Waals surface area contributed by atoms with Crippen molar-refractivity contribution in [3.63, 3.8) is 0 Å². The predicted octanol–water partition coefficient (Wildman–Crippen LogP) is 0.170. The quantitative estimate of drug-likeness (QED) is 0.570. The van der Waals surface area contributed by atoms with Crippen molar-refractivity contribution in [1.82, 2.24) is 4.90 Å². The van der Waals surface area contributed by atoms with Crippen LogP contribution in [0, 0.1) is 0 Å². The first kappa shape index (κ1) is 9.57. The van der Waals surface area contributed by atoms with Gasteiger partial charge in [0.2, 0.25) is 5.91 Å². The lowest BCUT2D eigenvalue weighted by Crippen LogP contribution is -2.50. The van der Waals surface area contributed by atoms with Crippen LogP contribution in [0.5, 0.6) is 0 Å². The molecule has 0 aromatic rings. The summed E-state index contributed by atoms with van der Waals surface area (Å²) in [6.07, 6.45) is 1.38. The van der Waals surface area contributed by atoms with E-state index in [1.165, 1.54) is 0 Å². The minimum Gasteiger partial charge on any atom is -0.465 e. The summed E-state index contributed by atoms with van der Waals surface area (Å²) in [6.45, 7) is 2.05. The molecule has 5 heteroatoms. The van der Waals surface area contributed by atoms with Gasteiger partial charge in [-0.1, -0.05) is 6.08 Å². The Morgan fingerprint density at radius 1 is 1.69 bits per heavy atom. The van der Waals surface area contributed by atoms with Gasteiger partial charge in [0.25, 0.3) is 0 Å². The molecule has 0 fully saturated rings. The number of carbonyl (C=O) groups is 2. The molecule has 0 aliphatic carbocycles. The smallest absolute Gasteiger partial charge is 0.408 e. The molecule has 0 aromatic heterocycles. The van der Waals surface area contributed by atoms with Crippen LogP contribution in [0.4, 0.5) is 4.79 Å². The van der Waals surface area contributed by atoms with E-state index in [0.29, 0.717) is 18.5 Å². The number of nitrogens with zero attached hydrogens (tertiary/aromatic N) is 1. The molecule has 5 nitrogen and oxygen atoms in total. The average Bonchev–Trinajstić information content (AvgIpc) is 2.02. The second-order valence-corrected chi connectivity index (χ2v) is 3.02. The summed E-state index contributed by atoms with van der Waals surface area (Å²) in [7, 11) is 0. The Morgan fingerprint density at radius 3 is 2.69 bits per heavy atom. The van der Waals surface area contributed by atoms with Crippen LogP contribution in [-0.2, 0) is 4.79 Å². The molecule has 0 bridgehead atoms. The third-order valence-electron chi connectivity index (χ3n) is 2.09. The number of carbonyl (C=O) groups excluding carboxylic acids is 1. The summed E-state index contributed by atoms with van der Waals surface area (Å²) in [5.74, 6) is -0.615. The number of hydrogen-bond acceptors (Lipinski definition) is 2. The highest BCUT2D eigenvalue weighted by atomic mass is 16.4. The van der Waals surface area contributed by atoms with E-state index in [-0.39, 0.29) is 0 Å². The van der Waals surface area contributed by atoms with E-state index in [1.54, 1.807) is 6.92 Å². The largest absolute Gasteiger partial charge is 0.465 e. The van der Waals surface area contributed by atoms with Crippen molar-refractivity contribution in [2.75, 3.05) is 6.54 Å². The number of hydrogen-bond donors (Lipinski definition) is 2. The van der Waals surface area contributed by atoms with Gasteiger partial charge >= 0.3 is 6.09 Å². The van der Waals surface area contributed by atoms with Gasteiger partial charge in [0.15, 0.2) is 0 Å². The van der Waals surface area contributed by atoms with Crippen molar-refractivity contribution in [3.8, 4) is 0 Å². The molecule has 2 amide bonds. The Hall–Kier alpha value is -1.52. The summed E-state index contributed by atoms with van der Waals surface area (Å²) in [4.78, 5) is 22.7. The van der Waals surface area contributed by atoms with Crippen LogP contribution in [0.2, 0.25) is 0 Å². The molecule has 1 aliphatic heterocycles. The number of carboxylic acid groups (broad SMARTS) is 1. The monoisotopic (exact) mass is 184 g/mol. The molecule has 1 aliphatic rings. The van der Waals surface area contributed by atoms with Gasteiger partial charge in [0.1, 0.15) is 6.04 Å². The van der Waals surface area contributed by atoms with E-state index in [4.69, 9.17) is 10.8 Å². The third kappa shape index (κ3) is 1.80. The fraction of sp³-hybridized carbons (Fsp3) is 0.500. The first-order valence-corrected chi connectivity index (χ1v) is 3.99. The normalized spacial score (nSPS) is 22.4. The van der Waals surface area contributed by atoms with Gasteiger partial charge in [-0.2, -0.15) is 0 Å². The summed E-state index contributed by atoms with van der Waals surface area (Å²) in [6, 6.07) is -0.786. The van der Waals surface area contributed by atoms with Crippen molar-refractivity contribution in [3.05, 3.63) is 11.6 Å². The van der Waals surface area contributed by atoms with E-state index in [2.05, 4.69) is 0 Å². The fourth-order valence-corrected chi connectivity index (χ4v) is 1.50. The molecule has 72 valence electrons. The Kier molecular flexibility index (Phi) is 2.55. The van der Waals surface area contributed by atoms with E-state index in [0.717, 1.165) is 4.90 Å². The van der Waals surface area contributed by atoms with E-state index < -0.39 is 18.0 Å². The van der Waals surface area contributed by atoms with Gasteiger partial charge < -0.3 is 10.8 Å². The Balaban J connectivity index is 2.93. The molecule has 1 atom stereocenters. The molecule has 0 saturated heterocycles. The zero-order valence-electron chi connectivity index (χ0n) is 7.36. The van der Waals surface area contributed by atoms with Crippen molar-refractivity contribution >= 4 is 12.0 Å². The molecule has 1 heterocycles. The lowest BCUT2D eigenvalue weighted by atomic mass is 10.0. The summed E-state index contributed by atoms with van der Waals surface area (Å²) < 4.78 is 0. The second kappa shape index (κ2) is 3.47. The van der Waals surface area contributed by atoms with Crippen LogP contribution in [0.25, 0.3) is 0 Å². The number of rotatable bonds is 1. The molecule has 0 spiro atoms. The average molecular weight is 184 g/mol.